The average molecular weight is 271 g/mol. The van der Waals surface area contributed by atoms with E-state index in [2.05, 4.69) is 29.2 Å². The number of carboxylic acids is 1. The number of nitrogens with zero attached hydrogens (tertiary/aromatic N) is 1. The van der Waals surface area contributed by atoms with Gasteiger partial charge in [0.2, 0.25) is 0 Å². The van der Waals surface area contributed by atoms with E-state index in [0.29, 0.717) is 11.2 Å². The summed E-state index contributed by atoms with van der Waals surface area (Å²) in [5.41, 5.74) is 1.48. The Morgan fingerprint density at radius 2 is 2.05 bits per heavy atom. The second-order valence-corrected chi connectivity index (χ2v) is 5.90. The molecule has 1 saturated carbocycles. The van der Waals surface area contributed by atoms with Crippen LogP contribution in [-0.2, 0) is 0 Å². The second kappa shape index (κ2) is 5.05. The minimum atomic E-state index is -0.974. The van der Waals surface area contributed by atoms with Crippen molar-refractivity contribution >= 4 is 17.7 Å². The van der Waals surface area contributed by atoms with E-state index >= 15 is 0 Å². The van der Waals surface area contributed by atoms with Crippen LogP contribution in [0.25, 0.3) is 0 Å². The first kappa shape index (κ1) is 12.2. The zero-order chi connectivity index (χ0) is 13.2. The highest BCUT2D eigenvalue weighted by atomic mass is 32.2. The first-order valence-electron chi connectivity index (χ1n) is 6.15. The Balaban J connectivity index is 1.68. The van der Waals surface area contributed by atoms with Crippen LogP contribution < -0.4 is 0 Å². The molecule has 1 aliphatic rings. The third-order valence-electron chi connectivity index (χ3n) is 3.20. The summed E-state index contributed by atoms with van der Waals surface area (Å²) in [5.74, 6) is -0.384. The van der Waals surface area contributed by atoms with Crippen molar-refractivity contribution in [1.29, 1.82) is 0 Å². The van der Waals surface area contributed by atoms with Crippen molar-refractivity contribution in [2.75, 3.05) is 0 Å². The highest BCUT2D eigenvalue weighted by Gasteiger charge is 2.38. The summed E-state index contributed by atoms with van der Waals surface area (Å²) in [6.07, 6.45) is 2.71. The van der Waals surface area contributed by atoms with Gasteiger partial charge in [-0.15, -0.1) is 11.8 Å². The molecule has 4 heteroatoms. The molecule has 0 bridgehead atoms. The lowest BCUT2D eigenvalue weighted by molar-refractivity contribution is 0.0690. The maximum atomic E-state index is 10.9. The normalized spacial score (nSPS) is 21.1. The number of rotatable bonds is 4. The fourth-order valence-corrected chi connectivity index (χ4v) is 3.42. The van der Waals surface area contributed by atoms with Gasteiger partial charge in [-0.3, -0.25) is 0 Å². The van der Waals surface area contributed by atoms with Crippen LogP contribution in [0.1, 0.15) is 28.4 Å². The quantitative estimate of drug-likeness (QED) is 0.925. The molecular formula is C15H13NO2S. The Morgan fingerprint density at radius 3 is 2.79 bits per heavy atom. The first-order valence-corrected chi connectivity index (χ1v) is 7.03. The molecule has 0 spiro atoms. The van der Waals surface area contributed by atoms with Crippen molar-refractivity contribution < 1.29 is 9.90 Å². The van der Waals surface area contributed by atoms with Gasteiger partial charge in [-0.25, -0.2) is 9.78 Å². The summed E-state index contributed by atoms with van der Waals surface area (Å²) in [5, 5.41) is 9.46. The van der Waals surface area contributed by atoms with E-state index in [1.165, 1.54) is 5.56 Å². The van der Waals surface area contributed by atoms with E-state index in [0.717, 1.165) is 11.3 Å². The Kier molecular flexibility index (Phi) is 3.25. The van der Waals surface area contributed by atoms with E-state index in [-0.39, 0.29) is 5.69 Å². The van der Waals surface area contributed by atoms with Crippen LogP contribution in [0.5, 0.6) is 0 Å². The molecule has 1 heterocycles. The minimum absolute atomic E-state index is 0.113. The molecular weight excluding hydrogens is 258 g/mol. The topological polar surface area (TPSA) is 50.2 Å². The number of hydrogen-bond donors (Lipinski definition) is 1. The minimum Gasteiger partial charge on any atom is -0.477 e. The van der Waals surface area contributed by atoms with Crippen LogP contribution in [0.4, 0.5) is 0 Å². The van der Waals surface area contributed by atoms with Crippen molar-refractivity contribution in [1.82, 2.24) is 4.98 Å². The Morgan fingerprint density at radius 1 is 1.26 bits per heavy atom. The van der Waals surface area contributed by atoms with Crippen LogP contribution in [0.15, 0.2) is 53.6 Å². The van der Waals surface area contributed by atoms with Gasteiger partial charge in [0.05, 0.1) is 0 Å². The Labute approximate surface area is 115 Å². The molecule has 2 atom stereocenters. The van der Waals surface area contributed by atoms with Gasteiger partial charge in [-0.1, -0.05) is 30.3 Å². The third-order valence-corrected chi connectivity index (χ3v) is 4.55. The lowest BCUT2D eigenvalue weighted by Gasteiger charge is -2.02. The van der Waals surface area contributed by atoms with Crippen LogP contribution in [0, 0.1) is 0 Å². The molecule has 0 aliphatic heterocycles. The molecule has 1 aromatic carbocycles. The summed E-state index contributed by atoms with van der Waals surface area (Å²) >= 11 is 1.74. The van der Waals surface area contributed by atoms with Gasteiger partial charge < -0.3 is 5.11 Å². The number of aromatic nitrogens is 1. The van der Waals surface area contributed by atoms with E-state index in [4.69, 9.17) is 5.11 Å². The highest BCUT2D eigenvalue weighted by molar-refractivity contribution is 8.00. The molecule has 0 radical (unpaired) electrons. The monoisotopic (exact) mass is 271 g/mol. The molecule has 0 amide bonds. The molecule has 3 nitrogen and oxygen atoms in total. The predicted molar refractivity (Wildman–Crippen MR) is 74.6 cm³/mol. The smallest absolute Gasteiger partial charge is 0.354 e. The molecule has 1 aromatic heterocycles. The molecule has 0 saturated heterocycles. The van der Waals surface area contributed by atoms with Gasteiger partial charge >= 0.3 is 5.97 Å². The fourth-order valence-electron chi connectivity index (χ4n) is 2.13. The van der Waals surface area contributed by atoms with Gasteiger partial charge in [-0.05, 0) is 30.0 Å². The standard InChI is InChI=1S/C15H13NO2S/c17-15(18)13-8-11(6-7-16-13)19-14-9-12(14)10-4-2-1-3-5-10/h1-8,12,14H,9H2,(H,17,18). The summed E-state index contributed by atoms with van der Waals surface area (Å²) in [7, 11) is 0. The number of carboxylic acid groups (broad SMARTS) is 1. The zero-order valence-electron chi connectivity index (χ0n) is 10.2. The molecule has 2 aromatic rings. The third kappa shape index (κ3) is 2.79. The van der Waals surface area contributed by atoms with Crippen LogP contribution >= 0.6 is 11.8 Å². The largest absolute Gasteiger partial charge is 0.477 e. The van der Waals surface area contributed by atoms with Gasteiger partial charge in [-0.2, -0.15) is 0 Å². The van der Waals surface area contributed by atoms with E-state index in [1.54, 1.807) is 24.0 Å². The van der Waals surface area contributed by atoms with Gasteiger partial charge in [0.25, 0.3) is 0 Å². The van der Waals surface area contributed by atoms with Crippen molar-refractivity contribution in [3.8, 4) is 0 Å². The number of thioether (sulfide) groups is 1. The molecule has 1 aliphatic carbocycles. The van der Waals surface area contributed by atoms with Crippen molar-refractivity contribution in [3.05, 3.63) is 59.9 Å². The lowest BCUT2D eigenvalue weighted by Crippen LogP contribution is -1.99. The van der Waals surface area contributed by atoms with Crippen LogP contribution in [0.3, 0.4) is 0 Å². The maximum Gasteiger partial charge on any atom is 0.354 e. The van der Waals surface area contributed by atoms with Crippen LogP contribution in [-0.4, -0.2) is 21.3 Å². The first-order chi connectivity index (χ1) is 9.24. The molecule has 3 rings (SSSR count). The van der Waals surface area contributed by atoms with Gasteiger partial charge in [0, 0.05) is 16.3 Å². The summed E-state index contributed by atoms with van der Waals surface area (Å²) in [6, 6.07) is 14.0. The van der Waals surface area contributed by atoms with Crippen molar-refractivity contribution in [2.24, 2.45) is 0 Å². The van der Waals surface area contributed by atoms with Crippen LogP contribution in [0.2, 0.25) is 0 Å². The Bertz CT molecular complexity index is 600. The fraction of sp³-hybridized carbons (Fsp3) is 0.200. The van der Waals surface area contributed by atoms with Gasteiger partial charge in [0.1, 0.15) is 5.69 Å². The Hall–Kier alpha value is -1.81. The number of pyridine rings is 1. The second-order valence-electron chi connectivity index (χ2n) is 4.59. The zero-order valence-corrected chi connectivity index (χ0v) is 11.0. The molecule has 2 unspecified atom stereocenters. The average Bonchev–Trinajstić information content (AvgIpc) is 3.19. The van der Waals surface area contributed by atoms with E-state index in [9.17, 15) is 4.79 Å². The maximum absolute atomic E-state index is 10.9. The van der Waals surface area contributed by atoms with E-state index < -0.39 is 5.97 Å². The molecule has 19 heavy (non-hydrogen) atoms. The molecule has 1 fully saturated rings. The number of aromatic carboxylic acids is 1. The SMILES string of the molecule is O=C(O)c1cc(SC2CC2c2ccccc2)ccn1. The van der Waals surface area contributed by atoms with E-state index in [1.807, 2.05) is 12.1 Å². The summed E-state index contributed by atoms with van der Waals surface area (Å²) in [6.45, 7) is 0. The van der Waals surface area contributed by atoms with Crippen molar-refractivity contribution in [2.45, 2.75) is 22.5 Å². The summed E-state index contributed by atoms with van der Waals surface area (Å²) < 4.78 is 0. The number of benzene rings is 1. The highest BCUT2D eigenvalue weighted by Crippen LogP contribution is 2.51. The molecule has 96 valence electrons. The number of hydrogen-bond acceptors (Lipinski definition) is 3. The van der Waals surface area contributed by atoms with Crippen molar-refractivity contribution in [3.63, 3.8) is 0 Å². The summed E-state index contributed by atoms with van der Waals surface area (Å²) in [4.78, 5) is 15.7. The van der Waals surface area contributed by atoms with Gasteiger partial charge in [0.15, 0.2) is 0 Å². The predicted octanol–water partition coefficient (Wildman–Crippen LogP) is 3.43. The number of carbonyl (C=O) groups is 1. The molecule has 1 N–H and O–H groups in total. The lowest BCUT2D eigenvalue weighted by atomic mass is 10.1.